The van der Waals surface area contributed by atoms with Crippen LogP contribution in [0.25, 0.3) is 11.3 Å². The summed E-state index contributed by atoms with van der Waals surface area (Å²) in [4.78, 5) is 102. The van der Waals surface area contributed by atoms with Crippen LogP contribution in [-0.4, -0.2) is 134 Å². The number of benzene rings is 2. The molecule has 20 heteroatoms. The highest BCUT2D eigenvalue weighted by molar-refractivity contribution is 6.23. The predicted molar refractivity (Wildman–Crippen MR) is 280 cm³/mol. The summed E-state index contributed by atoms with van der Waals surface area (Å²) in [6, 6.07) is 14.1. The number of aliphatic hydroxyl groups excluding tert-OH is 1. The van der Waals surface area contributed by atoms with Crippen molar-refractivity contribution >= 4 is 69.8 Å². The van der Waals surface area contributed by atoms with Gasteiger partial charge >= 0.3 is 0 Å². The molecule has 3 aromatic heterocycles. The van der Waals surface area contributed by atoms with Gasteiger partial charge in [-0.15, -0.1) is 0 Å². The molecular weight excluding hydrogens is 957 g/mol. The minimum atomic E-state index is -1.01. The molecule has 6 amide bonds. The van der Waals surface area contributed by atoms with Gasteiger partial charge in [0.2, 0.25) is 17.7 Å². The number of piperidine rings is 2. The molecule has 3 fully saturated rings. The maximum atomic E-state index is 14.1. The van der Waals surface area contributed by atoms with Crippen molar-refractivity contribution in [1.29, 1.82) is 0 Å². The van der Waals surface area contributed by atoms with Gasteiger partial charge in [0.1, 0.15) is 17.6 Å². The lowest BCUT2D eigenvalue weighted by Gasteiger charge is -2.47. The number of carbonyl (C=O) groups excluding carboxylic acids is 6. The van der Waals surface area contributed by atoms with Gasteiger partial charge in [-0.2, -0.15) is 0 Å². The maximum Gasteiger partial charge on any atom is 0.276 e. The Morgan fingerprint density at radius 2 is 1.71 bits per heavy atom. The van der Waals surface area contributed by atoms with Gasteiger partial charge in [0.15, 0.2) is 5.82 Å². The summed E-state index contributed by atoms with van der Waals surface area (Å²) in [5, 5.41) is 19.5. The molecule has 5 aromatic rings. The number of carbonyl (C=O) groups is 6. The zero-order valence-corrected chi connectivity index (χ0v) is 42.5. The van der Waals surface area contributed by atoms with Crippen LogP contribution in [0, 0.1) is 5.41 Å². The van der Waals surface area contributed by atoms with E-state index in [1.165, 1.54) is 24.4 Å². The van der Waals surface area contributed by atoms with Crippen molar-refractivity contribution in [3.63, 3.8) is 0 Å². The number of nitrogens with one attached hydrogen (secondary N) is 3. The summed E-state index contributed by atoms with van der Waals surface area (Å²) in [6.07, 6.45) is 8.20. The van der Waals surface area contributed by atoms with Crippen LogP contribution in [0.1, 0.15) is 94.5 Å². The highest BCUT2D eigenvalue weighted by Crippen LogP contribution is 2.41. The minimum Gasteiger partial charge on any atom is -0.478 e. The first-order chi connectivity index (χ1) is 36.1. The third-order valence-electron chi connectivity index (χ3n) is 15.7. The molecule has 0 bridgehead atoms. The highest BCUT2D eigenvalue weighted by Gasteiger charge is 2.45. The van der Waals surface area contributed by atoms with E-state index in [2.05, 4.69) is 72.5 Å². The first kappa shape index (κ1) is 49.3. The molecule has 6 aliphatic rings. The van der Waals surface area contributed by atoms with E-state index in [4.69, 9.17) is 9.72 Å². The molecule has 0 spiro atoms. The molecule has 0 saturated carbocycles. The van der Waals surface area contributed by atoms with Crippen molar-refractivity contribution in [3.8, 4) is 17.1 Å². The normalized spacial score (nSPS) is 20.7. The number of hydrogen-bond acceptors (Lipinski definition) is 15. The summed E-state index contributed by atoms with van der Waals surface area (Å²) in [6.45, 7) is 14.8. The molecule has 5 aliphatic heterocycles. The fourth-order valence-corrected chi connectivity index (χ4v) is 12.1. The van der Waals surface area contributed by atoms with Crippen molar-refractivity contribution in [2.45, 2.75) is 90.6 Å². The Bertz CT molecular complexity index is 3220. The number of nitrogens with zero attached hydrogens (tertiary/aromatic N) is 9. The first-order valence-electron chi connectivity index (χ1n) is 25.6. The predicted octanol–water partition coefficient (Wildman–Crippen LogP) is 5.08. The third-order valence-corrected chi connectivity index (χ3v) is 15.7. The molecule has 8 heterocycles. The molecular formula is C55H60N12O8. The van der Waals surface area contributed by atoms with Gasteiger partial charge < -0.3 is 34.8 Å². The number of aliphatic hydroxyl groups is 1. The minimum absolute atomic E-state index is 0.0645. The summed E-state index contributed by atoms with van der Waals surface area (Å²) >= 11 is 0. The van der Waals surface area contributed by atoms with E-state index >= 15 is 0 Å². The monoisotopic (exact) mass is 1020 g/mol. The second kappa shape index (κ2) is 19.4. The van der Waals surface area contributed by atoms with Crippen LogP contribution in [0.3, 0.4) is 0 Å². The van der Waals surface area contributed by atoms with Gasteiger partial charge in [0, 0.05) is 98.7 Å². The molecule has 388 valence electrons. The largest absolute Gasteiger partial charge is 0.478 e. The van der Waals surface area contributed by atoms with E-state index < -0.39 is 36.3 Å². The quantitative estimate of drug-likeness (QED) is 0.0945. The second-order valence-electron chi connectivity index (χ2n) is 21.0. The number of ether oxygens (including phenoxy) is 1. The number of methoxy groups -OCH3 is 1. The fraction of sp³-hybridized carbons (Fsp3) is 0.400. The lowest BCUT2D eigenvalue weighted by atomic mass is 9.90. The van der Waals surface area contributed by atoms with Gasteiger partial charge in [-0.25, -0.2) is 15.0 Å². The van der Waals surface area contributed by atoms with Crippen LogP contribution in [0.15, 0.2) is 73.6 Å². The fourth-order valence-electron chi connectivity index (χ4n) is 12.1. The number of anilines is 6. The molecule has 1 aliphatic carbocycles. The standard InChI is InChI=1S/C55H60N12O8/c1-6-46(69)59-40-24-33(58-48-51(75-5)57-28-41(60-48)36-13-16-56-49(39(36)30-68)66-22-21-65-44(54(66)74)23-32-26-55(3,4)27-45(32)65)7-10-42(40)64-20-19-63(29-31(64)2)34-14-17-62(18-15-34)35-8-9-37-38(25-35)53(73)67(52(37)72)43-11-12-47(70)61-50(43)71/h6-10,13,16,23-25,28,31,34,43,68H,1,11-12,14-15,17-22,26-27,29-30H2,2-5H3,(H,58,60)(H,59,69)(H,61,70,71)/t31-,43?/m0/s1. The van der Waals surface area contributed by atoms with E-state index in [0.29, 0.717) is 71.2 Å². The van der Waals surface area contributed by atoms with Gasteiger partial charge in [0.25, 0.3) is 23.6 Å². The molecule has 75 heavy (non-hydrogen) atoms. The number of pyridine rings is 1. The lowest BCUT2D eigenvalue weighted by molar-refractivity contribution is -0.136. The van der Waals surface area contributed by atoms with Crippen LogP contribution < -0.4 is 35.4 Å². The Balaban J connectivity index is 0.765. The highest BCUT2D eigenvalue weighted by atomic mass is 16.5. The van der Waals surface area contributed by atoms with Crippen molar-refractivity contribution in [2.24, 2.45) is 5.41 Å². The van der Waals surface area contributed by atoms with E-state index in [0.717, 1.165) is 68.1 Å². The van der Waals surface area contributed by atoms with Gasteiger partial charge in [-0.05, 0) is 105 Å². The lowest BCUT2D eigenvalue weighted by Crippen LogP contribution is -2.57. The van der Waals surface area contributed by atoms with Crippen LogP contribution in [0.4, 0.5) is 34.4 Å². The maximum absolute atomic E-state index is 14.1. The van der Waals surface area contributed by atoms with E-state index in [1.807, 2.05) is 30.3 Å². The van der Waals surface area contributed by atoms with Gasteiger partial charge in [-0.1, -0.05) is 20.4 Å². The molecule has 2 atom stereocenters. The van der Waals surface area contributed by atoms with Crippen LogP contribution in [0.5, 0.6) is 5.88 Å². The van der Waals surface area contributed by atoms with E-state index in [-0.39, 0.29) is 53.1 Å². The van der Waals surface area contributed by atoms with Crippen molar-refractivity contribution in [1.82, 2.24) is 34.6 Å². The average molecular weight is 1020 g/mol. The van der Waals surface area contributed by atoms with Gasteiger partial charge in [-0.3, -0.25) is 48.8 Å². The summed E-state index contributed by atoms with van der Waals surface area (Å²) in [5.41, 5.74) is 8.05. The van der Waals surface area contributed by atoms with Crippen LogP contribution in [-0.2, 0) is 40.4 Å². The number of fused-ring (bicyclic) bond motifs is 4. The molecule has 20 nitrogen and oxygen atoms in total. The molecule has 1 unspecified atom stereocenters. The van der Waals surface area contributed by atoms with Crippen LogP contribution in [0.2, 0.25) is 0 Å². The smallest absolute Gasteiger partial charge is 0.276 e. The Morgan fingerprint density at radius 1 is 0.907 bits per heavy atom. The Kier molecular flexibility index (Phi) is 12.7. The second-order valence-corrected chi connectivity index (χ2v) is 21.0. The molecule has 11 rings (SSSR count). The van der Waals surface area contributed by atoms with Gasteiger partial charge in [0.05, 0.1) is 48.1 Å². The number of aromatic nitrogens is 4. The van der Waals surface area contributed by atoms with Crippen molar-refractivity contribution in [3.05, 3.63) is 107 Å². The summed E-state index contributed by atoms with van der Waals surface area (Å²) < 4.78 is 7.80. The van der Waals surface area contributed by atoms with Crippen LogP contribution >= 0.6 is 0 Å². The third kappa shape index (κ3) is 8.94. The Morgan fingerprint density at radius 3 is 2.45 bits per heavy atom. The molecule has 3 saturated heterocycles. The van der Waals surface area contributed by atoms with Crippen molar-refractivity contribution < 1.29 is 38.6 Å². The van der Waals surface area contributed by atoms with E-state index in [9.17, 15) is 33.9 Å². The Labute approximate surface area is 433 Å². The topological polar surface area (TPSA) is 228 Å². The zero-order valence-electron chi connectivity index (χ0n) is 42.5. The number of piperazine rings is 1. The number of imide groups is 2. The van der Waals surface area contributed by atoms with Crippen molar-refractivity contribution in [2.75, 3.05) is 71.7 Å². The average Bonchev–Trinajstić information content (AvgIpc) is 4.00. The molecule has 2 aromatic carbocycles. The SMILES string of the molecule is C=CC(=O)Nc1cc(Nc2nc(-c3ccnc(N4CCn5c(cc6c5CC(C)(C)C6)C4=O)c3CO)cnc2OC)ccc1N1CCN(C2CCN(c3ccc4c(c3)C(=O)N(C3CCC(=O)NC3=O)C4=O)CC2)C[C@@H]1C. The zero-order chi connectivity index (χ0) is 52.4. The van der Waals surface area contributed by atoms with E-state index in [1.54, 1.807) is 35.5 Å². The molecule has 0 radical (unpaired) electrons. The molecule has 4 N–H and O–H groups in total. The first-order valence-corrected chi connectivity index (χ1v) is 25.6. The Hall–Kier alpha value is -7.97. The number of amides is 6. The summed E-state index contributed by atoms with van der Waals surface area (Å²) in [5.74, 6) is -1.73. The number of hydrogen-bond donors (Lipinski definition) is 4. The summed E-state index contributed by atoms with van der Waals surface area (Å²) in [7, 11) is 1.50. The number of rotatable bonds is 12.